The molecule has 0 aliphatic rings. The van der Waals surface area contributed by atoms with Crippen molar-refractivity contribution in [2.24, 2.45) is 0 Å². The molecule has 0 saturated heterocycles. The van der Waals surface area contributed by atoms with Gasteiger partial charge in [0.15, 0.2) is 5.78 Å². The second-order valence-corrected chi connectivity index (χ2v) is 4.70. The summed E-state index contributed by atoms with van der Waals surface area (Å²) < 4.78 is 11.3. The highest BCUT2D eigenvalue weighted by Gasteiger charge is 2.19. The van der Waals surface area contributed by atoms with Crippen molar-refractivity contribution in [3.05, 3.63) is 51.9 Å². The number of ether oxygens (including phenoxy) is 1. The first-order valence-electron chi connectivity index (χ1n) is 5.62. The lowest BCUT2D eigenvalue weighted by Gasteiger charge is -2.07. The molecule has 0 radical (unpaired) electrons. The lowest BCUT2D eigenvalue weighted by molar-refractivity contribution is 0.103. The molecule has 2 rings (SSSR count). The molecule has 0 bridgehead atoms. The van der Waals surface area contributed by atoms with Crippen molar-refractivity contribution in [3.8, 4) is 5.75 Å². The first-order valence-corrected chi connectivity index (χ1v) is 6.41. The summed E-state index contributed by atoms with van der Waals surface area (Å²) in [7, 11) is 1.55. The third kappa shape index (κ3) is 2.34. The number of ketones is 1. The summed E-state index contributed by atoms with van der Waals surface area (Å²) in [6, 6.07) is 7.06. The van der Waals surface area contributed by atoms with Crippen LogP contribution in [0.15, 0.2) is 39.4 Å². The number of carbonyl (C=O) groups is 1. The Morgan fingerprint density at radius 1 is 1.33 bits per heavy atom. The maximum atomic E-state index is 12.5. The maximum Gasteiger partial charge on any atom is 0.200 e. The smallest absolute Gasteiger partial charge is 0.200 e. The summed E-state index contributed by atoms with van der Waals surface area (Å²) in [6.45, 7) is 1.95. The first-order chi connectivity index (χ1) is 8.67. The highest BCUT2D eigenvalue weighted by molar-refractivity contribution is 9.10. The van der Waals surface area contributed by atoms with Crippen LogP contribution in [0.1, 0.15) is 28.6 Å². The molecule has 0 saturated carbocycles. The van der Waals surface area contributed by atoms with E-state index >= 15 is 0 Å². The average molecular weight is 309 g/mol. The molecule has 0 spiro atoms. The molecule has 0 atom stereocenters. The van der Waals surface area contributed by atoms with Gasteiger partial charge in [-0.3, -0.25) is 4.79 Å². The summed E-state index contributed by atoms with van der Waals surface area (Å²) in [5, 5.41) is 0. The van der Waals surface area contributed by atoms with Gasteiger partial charge in [0.05, 0.1) is 24.5 Å². The molecular weight excluding hydrogens is 296 g/mol. The van der Waals surface area contributed by atoms with Gasteiger partial charge in [0.1, 0.15) is 11.5 Å². The quantitative estimate of drug-likeness (QED) is 0.806. The van der Waals surface area contributed by atoms with E-state index in [0.29, 0.717) is 29.1 Å². The monoisotopic (exact) mass is 308 g/mol. The van der Waals surface area contributed by atoms with Gasteiger partial charge in [0.25, 0.3) is 0 Å². The zero-order chi connectivity index (χ0) is 13.1. The Bertz CT molecular complexity index is 572. The van der Waals surface area contributed by atoms with Gasteiger partial charge in [-0.1, -0.05) is 22.9 Å². The number of methoxy groups -OCH3 is 1. The van der Waals surface area contributed by atoms with Gasteiger partial charge < -0.3 is 9.15 Å². The third-order valence-corrected chi connectivity index (χ3v) is 3.21. The standard InChI is InChI=1S/C14H13BrO3/c1-3-12-10(6-7-18-12)14(16)11-8-9(15)4-5-13(11)17-2/h4-8H,3H2,1-2H3. The molecule has 18 heavy (non-hydrogen) atoms. The summed E-state index contributed by atoms with van der Waals surface area (Å²) in [5.74, 6) is 1.17. The normalized spacial score (nSPS) is 10.4. The molecule has 94 valence electrons. The van der Waals surface area contributed by atoms with Crippen LogP contribution in [0.2, 0.25) is 0 Å². The Kier molecular flexibility index (Phi) is 3.87. The molecule has 3 nitrogen and oxygen atoms in total. The largest absolute Gasteiger partial charge is 0.496 e. The van der Waals surface area contributed by atoms with Crippen LogP contribution in [-0.4, -0.2) is 12.9 Å². The van der Waals surface area contributed by atoms with E-state index in [9.17, 15) is 4.79 Å². The predicted octanol–water partition coefficient (Wildman–Crippen LogP) is 3.84. The van der Waals surface area contributed by atoms with Gasteiger partial charge in [-0.25, -0.2) is 0 Å². The van der Waals surface area contributed by atoms with Crippen LogP contribution >= 0.6 is 15.9 Å². The molecule has 1 aromatic heterocycles. The topological polar surface area (TPSA) is 39.4 Å². The molecule has 0 amide bonds. The summed E-state index contributed by atoms with van der Waals surface area (Å²) in [4.78, 5) is 12.5. The van der Waals surface area contributed by atoms with Crippen molar-refractivity contribution in [3.63, 3.8) is 0 Å². The minimum absolute atomic E-state index is 0.0845. The van der Waals surface area contributed by atoms with Crippen molar-refractivity contribution in [2.45, 2.75) is 13.3 Å². The van der Waals surface area contributed by atoms with Crippen LogP contribution in [0.5, 0.6) is 5.75 Å². The Morgan fingerprint density at radius 2 is 2.11 bits per heavy atom. The molecular formula is C14H13BrO3. The predicted molar refractivity (Wildman–Crippen MR) is 72.2 cm³/mol. The number of aryl methyl sites for hydroxylation is 1. The fourth-order valence-electron chi connectivity index (χ4n) is 1.82. The van der Waals surface area contributed by atoms with E-state index in [1.54, 1.807) is 25.3 Å². The number of halogens is 1. The van der Waals surface area contributed by atoms with Crippen molar-refractivity contribution >= 4 is 21.7 Å². The van der Waals surface area contributed by atoms with Crippen LogP contribution in [0.4, 0.5) is 0 Å². The molecule has 2 aromatic rings. The molecule has 4 heteroatoms. The van der Waals surface area contributed by atoms with Crippen molar-refractivity contribution in [2.75, 3.05) is 7.11 Å². The van der Waals surface area contributed by atoms with E-state index in [2.05, 4.69) is 15.9 Å². The van der Waals surface area contributed by atoms with Gasteiger partial charge in [-0.05, 0) is 24.3 Å². The van der Waals surface area contributed by atoms with Gasteiger partial charge in [0, 0.05) is 10.9 Å². The fourth-order valence-corrected chi connectivity index (χ4v) is 2.18. The highest BCUT2D eigenvalue weighted by atomic mass is 79.9. The van der Waals surface area contributed by atoms with E-state index in [-0.39, 0.29) is 5.78 Å². The Labute approximate surface area is 114 Å². The Morgan fingerprint density at radius 3 is 2.78 bits per heavy atom. The molecule has 0 unspecified atom stereocenters. The fraction of sp³-hybridized carbons (Fsp3) is 0.214. The molecule has 0 aliphatic carbocycles. The molecule has 1 aromatic carbocycles. The Balaban J connectivity index is 2.48. The van der Waals surface area contributed by atoms with Crippen LogP contribution in [0.25, 0.3) is 0 Å². The molecule has 1 heterocycles. The zero-order valence-electron chi connectivity index (χ0n) is 10.2. The molecule has 0 aliphatic heterocycles. The van der Waals surface area contributed by atoms with Crippen molar-refractivity contribution in [1.82, 2.24) is 0 Å². The van der Waals surface area contributed by atoms with Crippen LogP contribution in [0.3, 0.4) is 0 Å². The van der Waals surface area contributed by atoms with E-state index in [1.165, 1.54) is 6.26 Å². The second-order valence-electron chi connectivity index (χ2n) is 3.78. The van der Waals surface area contributed by atoms with E-state index in [0.717, 1.165) is 4.47 Å². The average Bonchev–Trinajstić information content (AvgIpc) is 2.86. The second kappa shape index (κ2) is 5.40. The summed E-state index contributed by atoms with van der Waals surface area (Å²) >= 11 is 3.36. The van der Waals surface area contributed by atoms with E-state index < -0.39 is 0 Å². The zero-order valence-corrected chi connectivity index (χ0v) is 11.8. The van der Waals surface area contributed by atoms with Gasteiger partial charge in [0.2, 0.25) is 0 Å². The Hall–Kier alpha value is -1.55. The first kappa shape index (κ1) is 12.9. The highest BCUT2D eigenvalue weighted by Crippen LogP contribution is 2.27. The molecule has 0 fully saturated rings. The van der Waals surface area contributed by atoms with E-state index in [4.69, 9.17) is 9.15 Å². The summed E-state index contributed by atoms with van der Waals surface area (Å²) in [6.07, 6.45) is 2.22. The molecule has 0 N–H and O–H groups in total. The number of benzene rings is 1. The van der Waals surface area contributed by atoms with Crippen LogP contribution in [0, 0.1) is 0 Å². The number of rotatable bonds is 4. The van der Waals surface area contributed by atoms with E-state index in [1.807, 2.05) is 13.0 Å². The van der Waals surface area contributed by atoms with Crippen molar-refractivity contribution < 1.29 is 13.9 Å². The van der Waals surface area contributed by atoms with Crippen LogP contribution in [-0.2, 0) is 6.42 Å². The van der Waals surface area contributed by atoms with Gasteiger partial charge >= 0.3 is 0 Å². The van der Waals surface area contributed by atoms with Gasteiger partial charge in [-0.15, -0.1) is 0 Å². The number of hydrogen-bond donors (Lipinski definition) is 0. The number of carbonyl (C=O) groups excluding carboxylic acids is 1. The summed E-state index contributed by atoms with van der Waals surface area (Å²) in [5.41, 5.74) is 1.12. The van der Waals surface area contributed by atoms with Crippen molar-refractivity contribution in [1.29, 1.82) is 0 Å². The minimum Gasteiger partial charge on any atom is -0.496 e. The number of furan rings is 1. The lowest BCUT2D eigenvalue weighted by atomic mass is 10.0. The third-order valence-electron chi connectivity index (χ3n) is 2.72. The lowest BCUT2D eigenvalue weighted by Crippen LogP contribution is -2.05. The SMILES string of the molecule is CCc1occc1C(=O)c1cc(Br)ccc1OC. The minimum atomic E-state index is -0.0845. The maximum absolute atomic E-state index is 12.5. The van der Waals surface area contributed by atoms with Gasteiger partial charge in [-0.2, -0.15) is 0 Å². The number of hydrogen-bond acceptors (Lipinski definition) is 3. The van der Waals surface area contributed by atoms with Crippen LogP contribution < -0.4 is 4.74 Å².